The molecular formula is C13H11BrN2O4S. The number of aromatic nitrogens is 2. The van der Waals surface area contributed by atoms with E-state index in [2.05, 4.69) is 20.9 Å². The average molecular weight is 371 g/mol. The van der Waals surface area contributed by atoms with Gasteiger partial charge in [-0.05, 0) is 28.1 Å². The van der Waals surface area contributed by atoms with Gasteiger partial charge in [0.1, 0.15) is 5.75 Å². The molecule has 6 nitrogen and oxygen atoms in total. The van der Waals surface area contributed by atoms with Crippen LogP contribution in [0.2, 0.25) is 0 Å². The minimum absolute atomic E-state index is 0.182. The van der Waals surface area contributed by atoms with E-state index < -0.39 is 11.5 Å². The lowest BCUT2D eigenvalue weighted by molar-refractivity contribution is -0.133. The number of benzene rings is 1. The van der Waals surface area contributed by atoms with Crippen LogP contribution in [0.4, 0.5) is 0 Å². The second-order valence-electron chi connectivity index (χ2n) is 3.92. The Morgan fingerprint density at radius 2 is 2.24 bits per heavy atom. The smallest absolute Gasteiger partial charge is 0.313 e. The first-order chi connectivity index (χ1) is 10.0. The Morgan fingerprint density at radius 1 is 1.48 bits per heavy atom. The maximum absolute atomic E-state index is 11.4. The number of ether oxygens (including phenoxy) is 1. The fraction of sp³-hybridized carbons (Fsp3) is 0.154. The molecule has 0 fully saturated rings. The van der Waals surface area contributed by atoms with Gasteiger partial charge >= 0.3 is 5.97 Å². The molecule has 0 atom stereocenters. The molecule has 0 bridgehead atoms. The SMILES string of the molecule is COc1ccc(Br)c(-n2ccc(=O)nc2SCC(=O)O)c1. The van der Waals surface area contributed by atoms with Crippen LogP contribution in [0.15, 0.2) is 44.9 Å². The summed E-state index contributed by atoms with van der Waals surface area (Å²) in [4.78, 5) is 26.0. The number of thioether (sulfide) groups is 1. The van der Waals surface area contributed by atoms with Gasteiger partial charge in [-0.1, -0.05) is 11.8 Å². The van der Waals surface area contributed by atoms with Gasteiger partial charge < -0.3 is 9.84 Å². The number of hydrogen-bond donors (Lipinski definition) is 1. The molecule has 0 unspecified atom stereocenters. The van der Waals surface area contributed by atoms with Crippen molar-refractivity contribution in [2.24, 2.45) is 0 Å². The van der Waals surface area contributed by atoms with Gasteiger partial charge in [-0.15, -0.1) is 0 Å². The zero-order chi connectivity index (χ0) is 15.4. The van der Waals surface area contributed by atoms with Crippen LogP contribution in [0.25, 0.3) is 5.69 Å². The van der Waals surface area contributed by atoms with Crippen molar-refractivity contribution in [3.63, 3.8) is 0 Å². The standard InChI is InChI=1S/C13H11BrN2O4S/c1-20-8-2-3-9(14)10(6-8)16-5-4-11(17)15-13(16)21-7-12(18)19/h2-6H,7H2,1H3,(H,18,19). The second kappa shape index (κ2) is 6.77. The minimum Gasteiger partial charge on any atom is -0.497 e. The summed E-state index contributed by atoms with van der Waals surface area (Å²) in [6.07, 6.45) is 1.55. The van der Waals surface area contributed by atoms with Crippen LogP contribution in [-0.2, 0) is 4.79 Å². The first kappa shape index (κ1) is 15.6. The van der Waals surface area contributed by atoms with Crippen molar-refractivity contribution in [2.75, 3.05) is 12.9 Å². The van der Waals surface area contributed by atoms with Crippen molar-refractivity contribution in [2.45, 2.75) is 5.16 Å². The summed E-state index contributed by atoms with van der Waals surface area (Å²) in [6.45, 7) is 0. The lowest BCUT2D eigenvalue weighted by Crippen LogP contribution is -2.13. The summed E-state index contributed by atoms with van der Waals surface area (Å²) in [5.74, 6) is -0.520. The number of carbonyl (C=O) groups is 1. The number of nitrogens with zero attached hydrogens (tertiary/aromatic N) is 2. The number of aliphatic carboxylic acids is 1. The van der Waals surface area contributed by atoms with E-state index in [1.54, 1.807) is 36.1 Å². The molecule has 1 N–H and O–H groups in total. The van der Waals surface area contributed by atoms with E-state index in [1.165, 1.54) is 6.07 Å². The van der Waals surface area contributed by atoms with Gasteiger partial charge in [-0.25, -0.2) is 0 Å². The maximum atomic E-state index is 11.4. The molecule has 2 rings (SSSR count). The third-order valence-corrected chi connectivity index (χ3v) is 4.12. The van der Waals surface area contributed by atoms with Gasteiger partial charge in [-0.2, -0.15) is 4.98 Å². The van der Waals surface area contributed by atoms with Gasteiger partial charge in [0.25, 0.3) is 5.56 Å². The summed E-state index contributed by atoms with van der Waals surface area (Å²) >= 11 is 4.40. The van der Waals surface area contributed by atoms with Crippen LogP contribution in [-0.4, -0.2) is 33.5 Å². The minimum atomic E-state index is -0.977. The molecule has 1 aromatic heterocycles. The molecular weight excluding hydrogens is 360 g/mol. The predicted octanol–water partition coefficient (Wildman–Crippen LogP) is 2.18. The molecule has 8 heteroatoms. The third kappa shape index (κ3) is 3.85. The fourth-order valence-corrected chi connectivity index (χ4v) is 2.75. The van der Waals surface area contributed by atoms with Gasteiger partial charge in [0.05, 0.1) is 18.6 Å². The Morgan fingerprint density at radius 3 is 2.90 bits per heavy atom. The number of methoxy groups -OCH3 is 1. The average Bonchev–Trinajstić information content (AvgIpc) is 2.46. The number of rotatable bonds is 5. The van der Waals surface area contributed by atoms with Crippen LogP contribution in [0.3, 0.4) is 0 Å². The molecule has 0 aliphatic carbocycles. The normalized spacial score (nSPS) is 10.4. The summed E-state index contributed by atoms with van der Waals surface area (Å²) in [5.41, 5.74) is 0.285. The highest BCUT2D eigenvalue weighted by molar-refractivity contribution is 9.10. The van der Waals surface area contributed by atoms with Crippen LogP contribution >= 0.6 is 27.7 Å². The van der Waals surface area contributed by atoms with Gasteiger partial charge in [0, 0.05) is 22.8 Å². The van der Waals surface area contributed by atoms with E-state index in [1.807, 2.05) is 0 Å². The molecule has 1 heterocycles. The van der Waals surface area contributed by atoms with E-state index in [4.69, 9.17) is 9.84 Å². The van der Waals surface area contributed by atoms with Crippen LogP contribution in [0.5, 0.6) is 5.75 Å². The molecule has 21 heavy (non-hydrogen) atoms. The van der Waals surface area contributed by atoms with Gasteiger partial charge in [-0.3, -0.25) is 14.2 Å². The highest BCUT2D eigenvalue weighted by atomic mass is 79.9. The highest BCUT2D eigenvalue weighted by Gasteiger charge is 2.11. The molecule has 0 amide bonds. The first-order valence-electron chi connectivity index (χ1n) is 5.79. The van der Waals surface area contributed by atoms with E-state index in [0.29, 0.717) is 16.6 Å². The molecule has 0 radical (unpaired) electrons. The Balaban J connectivity index is 2.52. The molecule has 0 spiro atoms. The third-order valence-electron chi connectivity index (χ3n) is 2.52. The largest absolute Gasteiger partial charge is 0.497 e. The second-order valence-corrected chi connectivity index (χ2v) is 5.71. The van der Waals surface area contributed by atoms with E-state index in [-0.39, 0.29) is 5.75 Å². The molecule has 2 aromatic rings. The van der Waals surface area contributed by atoms with Crippen molar-refractivity contribution in [3.8, 4) is 11.4 Å². The Bertz CT molecular complexity index is 732. The van der Waals surface area contributed by atoms with E-state index >= 15 is 0 Å². The van der Waals surface area contributed by atoms with Crippen LogP contribution < -0.4 is 10.3 Å². The van der Waals surface area contributed by atoms with Crippen LogP contribution in [0.1, 0.15) is 0 Å². The maximum Gasteiger partial charge on any atom is 0.313 e. The lowest BCUT2D eigenvalue weighted by Gasteiger charge is -2.13. The molecule has 0 saturated carbocycles. The van der Waals surface area contributed by atoms with Crippen molar-refractivity contribution < 1.29 is 14.6 Å². The van der Waals surface area contributed by atoms with Crippen molar-refractivity contribution in [3.05, 3.63) is 45.3 Å². The van der Waals surface area contributed by atoms with Crippen molar-refractivity contribution in [1.29, 1.82) is 0 Å². The Labute approximate surface area is 132 Å². The predicted molar refractivity (Wildman–Crippen MR) is 82.4 cm³/mol. The van der Waals surface area contributed by atoms with E-state index in [0.717, 1.165) is 16.2 Å². The Hall–Kier alpha value is -1.80. The molecule has 0 aliphatic rings. The van der Waals surface area contributed by atoms with Gasteiger partial charge in [0.2, 0.25) is 0 Å². The van der Waals surface area contributed by atoms with Crippen LogP contribution in [0, 0.1) is 0 Å². The topological polar surface area (TPSA) is 81.4 Å². The number of carboxylic acids is 1. The summed E-state index contributed by atoms with van der Waals surface area (Å²) in [7, 11) is 1.55. The quantitative estimate of drug-likeness (QED) is 0.641. The zero-order valence-electron chi connectivity index (χ0n) is 10.9. The fourth-order valence-electron chi connectivity index (χ4n) is 1.60. The monoisotopic (exact) mass is 370 g/mol. The molecule has 1 aromatic carbocycles. The van der Waals surface area contributed by atoms with Crippen molar-refractivity contribution >= 4 is 33.7 Å². The molecule has 0 saturated heterocycles. The number of carboxylic acid groups (broad SMARTS) is 1. The molecule has 110 valence electrons. The first-order valence-corrected chi connectivity index (χ1v) is 7.57. The van der Waals surface area contributed by atoms with E-state index in [9.17, 15) is 9.59 Å². The summed E-state index contributed by atoms with van der Waals surface area (Å²) in [6, 6.07) is 6.67. The van der Waals surface area contributed by atoms with Crippen molar-refractivity contribution in [1.82, 2.24) is 9.55 Å². The number of hydrogen-bond acceptors (Lipinski definition) is 5. The lowest BCUT2D eigenvalue weighted by atomic mass is 10.3. The zero-order valence-corrected chi connectivity index (χ0v) is 13.3. The molecule has 0 aliphatic heterocycles. The Kier molecular flexibility index (Phi) is 5.03. The summed E-state index contributed by atoms with van der Waals surface area (Å²) in [5, 5.41) is 9.08. The highest BCUT2D eigenvalue weighted by Crippen LogP contribution is 2.28. The summed E-state index contributed by atoms with van der Waals surface area (Å²) < 4.78 is 7.59. The number of halogens is 1. The van der Waals surface area contributed by atoms with Gasteiger partial charge in [0.15, 0.2) is 5.16 Å².